The number of rotatable bonds is 6. The number of benzene rings is 3. The molecule has 0 atom stereocenters. The fourth-order valence-electron chi connectivity index (χ4n) is 2.47. The van der Waals surface area contributed by atoms with Gasteiger partial charge in [0.05, 0.1) is 0 Å². The molecular formula is C24H18O4. The minimum Gasteiger partial charge on any atom is -0.423 e. The van der Waals surface area contributed by atoms with E-state index < -0.39 is 11.9 Å². The number of carbonyl (C=O) groups is 2. The summed E-state index contributed by atoms with van der Waals surface area (Å²) in [5, 5.41) is 0. The highest BCUT2D eigenvalue weighted by Gasteiger charge is 2.03. The molecule has 0 bridgehead atoms. The van der Waals surface area contributed by atoms with Crippen LogP contribution in [0.4, 0.5) is 0 Å². The number of carbonyl (C=O) groups excluding carboxylic acids is 2. The monoisotopic (exact) mass is 370 g/mol. The highest BCUT2D eigenvalue weighted by Crippen LogP contribution is 2.22. The first kappa shape index (κ1) is 18.9. The van der Waals surface area contributed by atoms with Gasteiger partial charge < -0.3 is 9.47 Å². The van der Waals surface area contributed by atoms with Crippen molar-refractivity contribution >= 4 is 18.0 Å². The highest BCUT2D eigenvalue weighted by molar-refractivity contribution is 5.89. The molecule has 28 heavy (non-hydrogen) atoms. The average molecular weight is 370 g/mol. The zero-order chi connectivity index (χ0) is 19.8. The maximum absolute atomic E-state index is 12.0. The Labute approximate surface area is 163 Å². The molecule has 0 N–H and O–H groups in total. The van der Waals surface area contributed by atoms with E-state index in [0.717, 1.165) is 22.8 Å². The maximum atomic E-state index is 12.0. The van der Waals surface area contributed by atoms with Crippen LogP contribution in [-0.2, 0) is 9.59 Å². The third-order valence-corrected chi connectivity index (χ3v) is 3.86. The molecule has 0 aliphatic heterocycles. The Morgan fingerprint density at radius 1 is 0.679 bits per heavy atom. The van der Waals surface area contributed by atoms with E-state index in [1.165, 1.54) is 6.08 Å². The summed E-state index contributed by atoms with van der Waals surface area (Å²) in [7, 11) is 0. The molecular weight excluding hydrogens is 352 g/mol. The molecule has 4 heteroatoms. The van der Waals surface area contributed by atoms with Crippen LogP contribution >= 0.6 is 0 Å². The molecule has 4 nitrogen and oxygen atoms in total. The van der Waals surface area contributed by atoms with Gasteiger partial charge in [-0.1, -0.05) is 61.2 Å². The summed E-state index contributed by atoms with van der Waals surface area (Å²) in [5.74, 6) is -0.121. The van der Waals surface area contributed by atoms with Crippen LogP contribution in [0.2, 0.25) is 0 Å². The largest absolute Gasteiger partial charge is 0.423 e. The van der Waals surface area contributed by atoms with Gasteiger partial charge in [-0.3, -0.25) is 0 Å². The Bertz CT molecular complexity index is 985. The molecule has 3 rings (SSSR count). The minimum atomic E-state index is -0.523. The van der Waals surface area contributed by atoms with Gasteiger partial charge in [-0.05, 0) is 47.0 Å². The van der Waals surface area contributed by atoms with Crippen molar-refractivity contribution in [2.75, 3.05) is 0 Å². The third-order valence-electron chi connectivity index (χ3n) is 3.86. The zero-order valence-corrected chi connectivity index (χ0v) is 15.1. The van der Waals surface area contributed by atoms with Gasteiger partial charge in [0.15, 0.2) is 0 Å². The lowest BCUT2D eigenvalue weighted by molar-refractivity contribution is -0.129. The van der Waals surface area contributed by atoms with E-state index in [1.807, 2.05) is 42.5 Å². The Morgan fingerprint density at radius 2 is 1.21 bits per heavy atom. The van der Waals surface area contributed by atoms with E-state index in [1.54, 1.807) is 42.5 Å². The topological polar surface area (TPSA) is 52.6 Å². The van der Waals surface area contributed by atoms with Crippen molar-refractivity contribution in [2.45, 2.75) is 0 Å². The predicted octanol–water partition coefficient (Wildman–Crippen LogP) is 5.06. The summed E-state index contributed by atoms with van der Waals surface area (Å²) in [5.41, 5.74) is 2.92. The first-order chi connectivity index (χ1) is 13.6. The smallest absolute Gasteiger partial charge is 0.336 e. The van der Waals surface area contributed by atoms with Crippen LogP contribution in [0, 0.1) is 0 Å². The summed E-state index contributed by atoms with van der Waals surface area (Å²) in [6, 6.07) is 24.0. The van der Waals surface area contributed by atoms with Crippen LogP contribution in [0.5, 0.6) is 11.5 Å². The van der Waals surface area contributed by atoms with E-state index in [-0.39, 0.29) is 0 Å². The summed E-state index contributed by atoms with van der Waals surface area (Å²) in [6.45, 7) is 3.34. The van der Waals surface area contributed by atoms with Crippen LogP contribution in [0.15, 0.2) is 97.6 Å². The third kappa shape index (κ3) is 5.29. The molecule has 3 aromatic rings. The van der Waals surface area contributed by atoms with Crippen molar-refractivity contribution in [3.05, 3.63) is 103 Å². The molecule has 3 aromatic carbocycles. The Kier molecular flexibility index (Phi) is 6.16. The predicted molar refractivity (Wildman–Crippen MR) is 109 cm³/mol. The highest BCUT2D eigenvalue weighted by atomic mass is 16.5. The summed E-state index contributed by atoms with van der Waals surface area (Å²) < 4.78 is 10.3. The first-order valence-electron chi connectivity index (χ1n) is 8.64. The van der Waals surface area contributed by atoms with E-state index in [2.05, 4.69) is 6.58 Å². The molecule has 0 heterocycles. The van der Waals surface area contributed by atoms with E-state index in [4.69, 9.17) is 9.47 Å². The molecule has 0 spiro atoms. The quantitative estimate of drug-likeness (QED) is 0.346. The number of esters is 2. The summed E-state index contributed by atoms with van der Waals surface area (Å²) >= 11 is 0. The van der Waals surface area contributed by atoms with Crippen molar-refractivity contribution in [2.24, 2.45) is 0 Å². The Hall–Kier alpha value is -3.92. The van der Waals surface area contributed by atoms with Gasteiger partial charge in [-0.2, -0.15) is 0 Å². The molecule has 0 unspecified atom stereocenters. The lowest BCUT2D eigenvalue weighted by Gasteiger charge is -2.04. The molecule has 0 aromatic heterocycles. The summed E-state index contributed by atoms with van der Waals surface area (Å²) in [6.07, 6.45) is 4.06. The molecule has 0 aliphatic rings. The lowest BCUT2D eigenvalue weighted by Crippen LogP contribution is -2.03. The minimum absolute atomic E-state index is 0.406. The van der Waals surface area contributed by atoms with Crippen LogP contribution in [0.1, 0.15) is 5.56 Å². The van der Waals surface area contributed by atoms with Crippen molar-refractivity contribution in [1.29, 1.82) is 0 Å². The summed E-state index contributed by atoms with van der Waals surface area (Å²) in [4.78, 5) is 23.1. The second-order valence-corrected chi connectivity index (χ2v) is 5.84. The van der Waals surface area contributed by atoms with E-state index in [0.29, 0.717) is 11.5 Å². The van der Waals surface area contributed by atoms with Gasteiger partial charge in [0.2, 0.25) is 0 Å². The van der Waals surface area contributed by atoms with Crippen molar-refractivity contribution in [1.82, 2.24) is 0 Å². The fraction of sp³-hybridized carbons (Fsp3) is 0. The van der Waals surface area contributed by atoms with Gasteiger partial charge in [0, 0.05) is 12.2 Å². The van der Waals surface area contributed by atoms with Crippen LogP contribution in [0.3, 0.4) is 0 Å². The molecule has 0 fully saturated rings. The molecule has 0 amide bonds. The SMILES string of the molecule is C=CC(=O)Oc1ccc(C=CC(=O)Oc2ccc(-c3ccccc3)cc2)cc1. The maximum Gasteiger partial charge on any atom is 0.336 e. The lowest BCUT2D eigenvalue weighted by atomic mass is 10.1. The van der Waals surface area contributed by atoms with Crippen LogP contribution in [-0.4, -0.2) is 11.9 Å². The second kappa shape index (κ2) is 9.14. The zero-order valence-electron chi connectivity index (χ0n) is 15.1. The standard InChI is InChI=1S/C24H18O4/c1-2-23(25)27-21-13-8-18(9-14-21)10-17-24(26)28-22-15-11-20(12-16-22)19-6-4-3-5-7-19/h2-17H,1H2. The number of hydrogen-bond acceptors (Lipinski definition) is 4. The van der Waals surface area contributed by atoms with Crippen molar-refractivity contribution in [3.8, 4) is 22.6 Å². The normalized spacial score (nSPS) is 10.4. The van der Waals surface area contributed by atoms with Gasteiger partial charge >= 0.3 is 11.9 Å². The molecule has 0 saturated carbocycles. The molecule has 0 radical (unpaired) electrons. The second-order valence-electron chi connectivity index (χ2n) is 5.84. The van der Waals surface area contributed by atoms with Crippen LogP contribution < -0.4 is 9.47 Å². The van der Waals surface area contributed by atoms with E-state index in [9.17, 15) is 9.59 Å². The Morgan fingerprint density at radius 3 is 1.82 bits per heavy atom. The fourth-order valence-corrected chi connectivity index (χ4v) is 2.47. The van der Waals surface area contributed by atoms with Gasteiger partial charge in [0.25, 0.3) is 0 Å². The average Bonchev–Trinajstić information content (AvgIpc) is 2.74. The van der Waals surface area contributed by atoms with Crippen LogP contribution in [0.25, 0.3) is 17.2 Å². The number of hydrogen-bond donors (Lipinski definition) is 0. The van der Waals surface area contributed by atoms with Gasteiger partial charge in [-0.25, -0.2) is 9.59 Å². The van der Waals surface area contributed by atoms with E-state index >= 15 is 0 Å². The molecule has 0 aliphatic carbocycles. The number of ether oxygens (including phenoxy) is 2. The van der Waals surface area contributed by atoms with Gasteiger partial charge in [0.1, 0.15) is 11.5 Å². The molecule has 0 saturated heterocycles. The van der Waals surface area contributed by atoms with Crippen molar-refractivity contribution < 1.29 is 19.1 Å². The van der Waals surface area contributed by atoms with Crippen molar-refractivity contribution in [3.63, 3.8) is 0 Å². The Balaban J connectivity index is 1.57. The van der Waals surface area contributed by atoms with Gasteiger partial charge in [-0.15, -0.1) is 0 Å². The molecule has 138 valence electrons. The first-order valence-corrected chi connectivity index (χ1v) is 8.64.